The lowest BCUT2D eigenvalue weighted by atomic mass is 10.2. The van der Waals surface area contributed by atoms with E-state index in [4.69, 9.17) is 0 Å². The van der Waals surface area contributed by atoms with Crippen LogP contribution < -0.4 is 0 Å². The molecule has 1 heterocycles. The number of fused-ring (bicyclic) bond motifs is 1. The summed E-state index contributed by atoms with van der Waals surface area (Å²) in [6, 6.07) is 4.26. The first-order valence-corrected chi connectivity index (χ1v) is 6.38. The Bertz CT molecular complexity index is 351. The summed E-state index contributed by atoms with van der Waals surface area (Å²) in [5.41, 5.74) is 2.67. The number of aliphatic hydroxyl groups excluding tert-OH is 1. The van der Waals surface area contributed by atoms with Gasteiger partial charge in [0, 0.05) is 10.9 Å². The molecule has 0 amide bonds. The van der Waals surface area contributed by atoms with Crippen LogP contribution in [0.5, 0.6) is 0 Å². The Balaban J connectivity index is 2.10. The van der Waals surface area contributed by atoms with Gasteiger partial charge in [-0.05, 0) is 37.8 Å². The maximum absolute atomic E-state index is 9.43. The monoisotopic (exact) mass is 223 g/mol. The van der Waals surface area contributed by atoms with E-state index in [1.165, 1.54) is 24.1 Å². The summed E-state index contributed by atoms with van der Waals surface area (Å²) in [6.45, 7) is 3.86. The second kappa shape index (κ2) is 4.54. The van der Waals surface area contributed by atoms with Crippen molar-refractivity contribution in [1.82, 2.24) is 4.98 Å². The highest BCUT2D eigenvalue weighted by atomic mass is 32.2. The number of aryl methyl sites for hydroxylation is 2. The molecule has 0 aromatic carbocycles. The molecule has 1 N–H and O–H groups in total. The summed E-state index contributed by atoms with van der Waals surface area (Å²) in [7, 11) is 0. The molecule has 0 spiro atoms. The van der Waals surface area contributed by atoms with Crippen LogP contribution in [-0.2, 0) is 12.8 Å². The van der Waals surface area contributed by atoms with Crippen molar-refractivity contribution in [2.75, 3.05) is 0 Å². The highest BCUT2D eigenvalue weighted by molar-refractivity contribution is 7.99. The standard InChI is InChI=1S/C12H17NOS/c1-8(14)9(2)15-12-7-6-10-4-3-5-11(10)13-12/h6-9,14H,3-5H2,1-2H3. The van der Waals surface area contributed by atoms with Gasteiger partial charge in [-0.2, -0.15) is 0 Å². The summed E-state index contributed by atoms with van der Waals surface area (Å²) in [5, 5.41) is 10.7. The molecule has 1 aliphatic rings. The number of nitrogens with zero attached hydrogens (tertiary/aromatic N) is 1. The first-order chi connectivity index (χ1) is 7.16. The number of aliphatic hydroxyl groups is 1. The molecule has 82 valence electrons. The van der Waals surface area contributed by atoms with E-state index in [0.29, 0.717) is 0 Å². The highest BCUT2D eigenvalue weighted by Gasteiger charge is 2.15. The summed E-state index contributed by atoms with van der Waals surface area (Å²) in [6.07, 6.45) is 3.25. The van der Waals surface area contributed by atoms with Gasteiger partial charge in [-0.1, -0.05) is 13.0 Å². The van der Waals surface area contributed by atoms with Crippen LogP contribution in [0.3, 0.4) is 0 Å². The van der Waals surface area contributed by atoms with Crippen LogP contribution in [0.4, 0.5) is 0 Å². The third-order valence-electron chi connectivity index (χ3n) is 2.89. The van der Waals surface area contributed by atoms with Crippen molar-refractivity contribution in [3.05, 3.63) is 23.4 Å². The van der Waals surface area contributed by atoms with Crippen molar-refractivity contribution in [3.8, 4) is 0 Å². The van der Waals surface area contributed by atoms with Gasteiger partial charge in [0.15, 0.2) is 0 Å². The molecule has 1 aromatic rings. The van der Waals surface area contributed by atoms with E-state index >= 15 is 0 Å². The van der Waals surface area contributed by atoms with Crippen LogP contribution in [0.15, 0.2) is 17.2 Å². The molecule has 2 unspecified atom stereocenters. The molecule has 0 saturated carbocycles. The highest BCUT2D eigenvalue weighted by Crippen LogP contribution is 2.27. The quantitative estimate of drug-likeness (QED) is 0.799. The molecule has 0 fully saturated rings. The average Bonchev–Trinajstić information content (AvgIpc) is 2.64. The third-order valence-corrected chi connectivity index (χ3v) is 4.12. The van der Waals surface area contributed by atoms with Crippen molar-refractivity contribution in [1.29, 1.82) is 0 Å². The molecule has 3 heteroatoms. The Morgan fingerprint density at radius 1 is 1.33 bits per heavy atom. The molecule has 0 radical (unpaired) electrons. The lowest BCUT2D eigenvalue weighted by Crippen LogP contribution is -2.15. The maximum Gasteiger partial charge on any atom is 0.0966 e. The molecular weight excluding hydrogens is 206 g/mol. The van der Waals surface area contributed by atoms with Gasteiger partial charge in [0.1, 0.15) is 0 Å². The van der Waals surface area contributed by atoms with E-state index in [1.54, 1.807) is 11.8 Å². The predicted octanol–water partition coefficient (Wildman–Crippen LogP) is 2.43. The van der Waals surface area contributed by atoms with Crippen LogP contribution >= 0.6 is 11.8 Å². The Morgan fingerprint density at radius 2 is 2.13 bits per heavy atom. The molecule has 2 nitrogen and oxygen atoms in total. The molecule has 15 heavy (non-hydrogen) atoms. The van der Waals surface area contributed by atoms with Gasteiger partial charge in [0.25, 0.3) is 0 Å². The number of hydrogen-bond acceptors (Lipinski definition) is 3. The fraction of sp³-hybridized carbons (Fsp3) is 0.583. The summed E-state index contributed by atoms with van der Waals surface area (Å²) in [5.74, 6) is 0. The SMILES string of the molecule is CC(O)C(C)Sc1ccc2c(n1)CCC2. The van der Waals surface area contributed by atoms with Crippen molar-refractivity contribution in [2.45, 2.75) is 49.5 Å². The van der Waals surface area contributed by atoms with E-state index in [0.717, 1.165) is 11.4 Å². The van der Waals surface area contributed by atoms with Gasteiger partial charge in [-0.15, -0.1) is 11.8 Å². The van der Waals surface area contributed by atoms with Crippen molar-refractivity contribution in [2.24, 2.45) is 0 Å². The lowest BCUT2D eigenvalue weighted by molar-refractivity contribution is 0.196. The second-order valence-electron chi connectivity index (χ2n) is 4.17. The van der Waals surface area contributed by atoms with Gasteiger partial charge >= 0.3 is 0 Å². The molecule has 0 saturated heterocycles. The zero-order valence-corrected chi connectivity index (χ0v) is 10.0. The Morgan fingerprint density at radius 3 is 2.87 bits per heavy atom. The average molecular weight is 223 g/mol. The predicted molar refractivity (Wildman–Crippen MR) is 63.3 cm³/mol. The first kappa shape index (κ1) is 11.0. The van der Waals surface area contributed by atoms with Crippen LogP contribution in [0.2, 0.25) is 0 Å². The Kier molecular flexibility index (Phi) is 3.32. The van der Waals surface area contributed by atoms with Gasteiger partial charge in [-0.3, -0.25) is 0 Å². The molecule has 2 rings (SSSR count). The summed E-state index contributed by atoms with van der Waals surface area (Å²) in [4.78, 5) is 4.63. The minimum Gasteiger partial charge on any atom is -0.392 e. The van der Waals surface area contributed by atoms with Crippen LogP contribution in [0.1, 0.15) is 31.5 Å². The number of thioether (sulfide) groups is 1. The Labute approximate surface area is 95.1 Å². The molecule has 1 aliphatic carbocycles. The largest absolute Gasteiger partial charge is 0.392 e. The molecule has 2 atom stereocenters. The smallest absolute Gasteiger partial charge is 0.0966 e. The van der Waals surface area contributed by atoms with E-state index in [9.17, 15) is 5.11 Å². The first-order valence-electron chi connectivity index (χ1n) is 5.50. The van der Waals surface area contributed by atoms with E-state index in [-0.39, 0.29) is 11.4 Å². The van der Waals surface area contributed by atoms with Crippen LogP contribution in [-0.4, -0.2) is 21.4 Å². The summed E-state index contributed by atoms with van der Waals surface area (Å²) < 4.78 is 0. The van der Waals surface area contributed by atoms with E-state index in [1.807, 2.05) is 13.8 Å². The van der Waals surface area contributed by atoms with E-state index in [2.05, 4.69) is 17.1 Å². The van der Waals surface area contributed by atoms with Crippen LogP contribution in [0, 0.1) is 0 Å². The van der Waals surface area contributed by atoms with Gasteiger partial charge in [-0.25, -0.2) is 4.98 Å². The zero-order valence-electron chi connectivity index (χ0n) is 9.23. The van der Waals surface area contributed by atoms with Crippen molar-refractivity contribution in [3.63, 3.8) is 0 Å². The normalized spacial score (nSPS) is 18.6. The minimum atomic E-state index is -0.287. The number of hydrogen-bond donors (Lipinski definition) is 1. The summed E-state index contributed by atoms with van der Waals surface area (Å²) >= 11 is 1.66. The number of rotatable bonds is 3. The molecular formula is C12H17NOS. The fourth-order valence-corrected chi connectivity index (χ4v) is 2.64. The van der Waals surface area contributed by atoms with Gasteiger partial charge < -0.3 is 5.11 Å². The lowest BCUT2D eigenvalue weighted by Gasteiger charge is -2.13. The topological polar surface area (TPSA) is 33.1 Å². The minimum absolute atomic E-state index is 0.206. The third kappa shape index (κ3) is 2.52. The van der Waals surface area contributed by atoms with E-state index < -0.39 is 0 Å². The Hall–Kier alpha value is -0.540. The number of aromatic nitrogens is 1. The van der Waals surface area contributed by atoms with Crippen molar-refractivity contribution < 1.29 is 5.11 Å². The zero-order chi connectivity index (χ0) is 10.8. The van der Waals surface area contributed by atoms with Crippen molar-refractivity contribution >= 4 is 11.8 Å². The molecule has 1 aromatic heterocycles. The maximum atomic E-state index is 9.43. The number of pyridine rings is 1. The van der Waals surface area contributed by atoms with Crippen LogP contribution in [0.25, 0.3) is 0 Å². The second-order valence-corrected chi connectivity index (χ2v) is 5.57. The van der Waals surface area contributed by atoms with Gasteiger partial charge in [0.2, 0.25) is 0 Å². The molecule has 0 aliphatic heterocycles. The molecule has 0 bridgehead atoms. The fourth-order valence-electron chi connectivity index (χ4n) is 1.76. The van der Waals surface area contributed by atoms with Gasteiger partial charge in [0.05, 0.1) is 11.1 Å².